The SMILES string of the molecule is COC(=O)NC1CCC(NCc2cc(-c3nn[nH]n3)ccc2OC)C1c1ccc(F)cc1. The second-order valence-electron chi connectivity index (χ2n) is 7.65. The third kappa shape index (κ3) is 4.70. The fraction of sp³-hybridized carbons (Fsp3) is 0.364. The van der Waals surface area contributed by atoms with Crippen LogP contribution in [0.4, 0.5) is 9.18 Å². The van der Waals surface area contributed by atoms with E-state index in [4.69, 9.17) is 9.47 Å². The topological polar surface area (TPSA) is 114 Å². The van der Waals surface area contributed by atoms with Gasteiger partial charge in [0.25, 0.3) is 0 Å². The lowest BCUT2D eigenvalue weighted by Crippen LogP contribution is -2.41. The molecule has 3 aromatic rings. The lowest BCUT2D eigenvalue weighted by molar-refractivity contribution is 0.165. The number of rotatable bonds is 7. The normalized spacial score (nSPS) is 20.2. The number of ether oxygens (including phenoxy) is 2. The van der Waals surface area contributed by atoms with Crippen molar-refractivity contribution in [3.8, 4) is 17.1 Å². The number of nitrogens with zero attached hydrogens (tertiary/aromatic N) is 3. The zero-order valence-corrected chi connectivity index (χ0v) is 17.8. The number of aromatic nitrogens is 4. The van der Waals surface area contributed by atoms with Gasteiger partial charge in [0, 0.05) is 35.7 Å². The average Bonchev–Trinajstić information content (AvgIpc) is 3.48. The Morgan fingerprint density at radius 1 is 1.16 bits per heavy atom. The van der Waals surface area contributed by atoms with Crippen LogP contribution in [0.5, 0.6) is 5.75 Å². The fourth-order valence-electron chi connectivity index (χ4n) is 4.33. The van der Waals surface area contributed by atoms with Crippen LogP contribution in [0.2, 0.25) is 0 Å². The van der Waals surface area contributed by atoms with E-state index in [0.717, 1.165) is 35.3 Å². The molecule has 10 heteroatoms. The first-order chi connectivity index (χ1) is 15.6. The van der Waals surface area contributed by atoms with E-state index >= 15 is 0 Å². The maximum atomic E-state index is 13.5. The van der Waals surface area contributed by atoms with Gasteiger partial charge in [-0.1, -0.05) is 12.1 Å². The van der Waals surface area contributed by atoms with Gasteiger partial charge in [-0.3, -0.25) is 0 Å². The second-order valence-corrected chi connectivity index (χ2v) is 7.65. The highest BCUT2D eigenvalue weighted by Crippen LogP contribution is 2.36. The minimum Gasteiger partial charge on any atom is -0.496 e. The molecular formula is C22H25FN6O3. The number of halogens is 1. The van der Waals surface area contributed by atoms with Crippen LogP contribution in [0.15, 0.2) is 42.5 Å². The molecule has 0 aliphatic heterocycles. The van der Waals surface area contributed by atoms with Crippen LogP contribution in [-0.2, 0) is 11.3 Å². The van der Waals surface area contributed by atoms with Crippen molar-refractivity contribution in [1.82, 2.24) is 31.3 Å². The minimum absolute atomic E-state index is 0.0407. The van der Waals surface area contributed by atoms with Crippen molar-refractivity contribution in [3.63, 3.8) is 0 Å². The van der Waals surface area contributed by atoms with Crippen molar-refractivity contribution < 1.29 is 18.7 Å². The van der Waals surface area contributed by atoms with Gasteiger partial charge in [-0.25, -0.2) is 9.18 Å². The van der Waals surface area contributed by atoms with Gasteiger partial charge in [0.15, 0.2) is 0 Å². The van der Waals surface area contributed by atoms with Crippen molar-refractivity contribution in [2.75, 3.05) is 14.2 Å². The molecule has 0 saturated heterocycles. The molecule has 1 amide bonds. The summed E-state index contributed by atoms with van der Waals surface area (Å²) < 4.78 is 23.8. The summed E-state index contributed by atoms with van der Waals surface area (Å²) in [5.41, 5.74) is 2.72. The zero-order chi connectivity index (χ0) is 22.5. The molecule has 3 N–H and O–H groups in total. The Kier molecular flexibility index (Phi) is 6.60. The minimum atomic E-state index is -0.475. The second kappa shape index (κ2) is 9.73. The van der Waals surface area contributed by atoms with Crippen LogP contribution in [0.3, 0.4) is 0 Å². The zero-order valence-electron chi connectivity index (χ0n) is 17.8. The Hall–Kier alpha value is -3.53. The van der Waals surface area contributed by atoms with Gasteiger partial charge >= 0.3 is 6.09 Å². The quantitative estimate of drug-likeness (QED) is 0.518. The molecular weight excluding hydrogens is 415 g/mol. The van der Waals surface area contributed by atoms with Gasteiger partial charge < -0.3 is 20.1 Å². The molecule has 3 atom stereocenters. The molecule has 3 unspecified atom stereocenters. The monoisotopic (exact) mass is 440 g/mol. The van der Waals surface area contributed by atoms with Gasteiger partial charge in [-0.2, -0.15) is 5.21 Å². The Labute approximate surface area is 184 Å². The number of carbonyl (C=O) groups excluding carboxylic acids is 1. The molecule has 4 rings (SSSR count). The Balaban J connectivity index is 1.55. The Morgan fingerprint density at radius 2 is 1.94 bits per heavy atom. The van der Waals surface area contributed by atoms with E-state index in [1.807, 2.05) is 18.2 Å². The van der Waals surface area contributed by atoms with Crippen LogP contribution in [0.1, 0.15) is 29.9 Å². The molecule has 1 aromatic heterocycles. The molecule has 1 fully saturated rings. The van der Waals surface area contributed by atoms with Gasteiger partial charge in [-0.15, -0.1) is 10.2 Å². The summed E-state index contributed by atoms with van der Waals surface area (Å²) in [4.78, 5) is 11.9. The molecule has 2 aromatic carbocycles. The number of methoxy groups -OCH3 is 2. The van der Waals surface area contributed by atoms with Gasteiger partial charge in [0.2, 0.25) is 5.82 Å². The van der Waals surface area contributed by atoms with Gasteiger partial charge in [0.05, 0.1) is 14.2 Å². The van der Waals surface area contributed by atoms with E-state index < -0.39 is 6.09 Å². The van der Waals surface area contributed by atoms with Gasteiger partial charge in [-0.05, 0) is 54.0 Å². The fourth-order valence-corrected chi connectivity index (χ4v) is 4.33. The number of aromatic amines is 1. The Bertz CT molecular complexity index is 1040. The summed E-state index contributed by atoms with van der Waals surface area (Å²) >= 11 is 0. The molecule has 1 saturated carbocycles. The predicted molar refractivity (Wildman–Crippen MR) is 114 cm³/mol. The van der Waals surface area contributed by atoms with Crippen LogP contribution < -0.4 is 15.4 Å². The lowest BCUT2D eigenvalue weighted by Gasteiger charge is -2.27. The van der Waals surface area contributed by atoms with E-state index in [0.29, 0.717) is 12.4 Å². The molecule has 1 aliphatic rings. The highest BCUT2D eigenvalue weighted by molar-refractivity contribution is 5.67. The first kappa shape index (κ1) is 21.7. The van der Waals surface area contributed by atoms with Crippen molar-refractivity contribution in [1.29, 1.82) is 0 Å². The average molecular weight is 440 g/mol. The number of H-pyrrole nitrogens is 1. The molecule has 1 aliphatic carbocycles. The molecule has 0 bridgehead atoms. The number of carbonyl (C=O) groups is 1. The smallest absolute Gasteiger partial charge is 0.407 e. The number of hydrogen-bond acceptors (Lipinski definition) is 7. The summed E-state index contributed by atoms with van der Waals surface area (Å²) in [6, 6.07) is 12.1. The van der Waals surface area contributed by atoms with Crippen LogP contribution >= 0.6 is 0 Å². The van der Waals surface area contributed by atoms with Crippen molar-refractivity contribution in [2.24, 2.45) is 0 Å². The molecule has 32 heavy (non-hydrogen) atoms. The summed E-state index contributed by atoms with van der Waals surface area (Å²) in [5.74, 6) is 0.907. The van der Waals surface area contributed by atoms with E-state index in [-0.39, 0.29) is 23.8 Å². The van der Waals surface area contributed by atoms with E-state index in [9.17, 15) is 9.18 Å². The number of hydrogen-bond donors (Lipinski definition) is 3. The van der Waals surface area contributed by atoms with Crippen molar-refractivity contribution >= 4 is 6.09 Å². The van der Waals surface area contributed by atoms with Gasteiger partial charge in [0.1, 0.15) is 11.6 Å². The maximum Gasteiger partial charge on any atom is 0.407 e. The molecule has 168 valence electrons. The summed E-state index contributed by atoms with van der Waals surface area (Å²) in [6.07, 6.45) is 1.13. The van der Waals surface area contributed by atoms with Crippen LogP contribution in [0.25, 0.3) is 11.4 Å². The number of alkyl carbamates (subject to hydrolysis) is 1. The van der Waals surface area contributed by atoms with E-state index in [2.05, 4.69) is 31.3 Å². The highest BCUT2D eigenvalue weighted by atomic mass is 19.1. The van der Waals surface area contributed by atoms with Crippen molar-refractivity contribution in [2.45, 2.75) is 37.4 Å². The summed E-state index contributed by atoms with van der Waals surface area (Å²) in [6.45, 7) is 0.530. The van der Waals surface area contributed by atoms with Crippen LogP contribution in [0, 0.1) is 5.82 Å². The van der Waals surface area contributed by atoms with Crippen LogP contribution in [-0.4, -0.2) is 53.0 Å². The predicted octanol–water partition coefficient (Wildman–Crippen LogP) is 2.77. The highest BCUT2D eigenvalue weighted by Gasteiger charge is 2.38. The summed E-state index contributed by atoms with van der Waals surface area (Å²) in [7, 11) is 2.97. The Morgan fingerprint density at radius 3 is 2.62 bits per heavy atom. The van der Waals surface area contributed by atoms with E-state index in [1.54, 1.807) is 19.2 Å². The third-order valence-corrected chi connectivity index (χ3v) is 5.84. The summed E-state index contributed by atoms with van der Waals surface area (Å²) in [5, 5.41) is 20.7. The van der Waals surface area contributed by atoms with E-state index in [1.165, 1.54) is 19.2 Å². The lowest BCUT2D eigenvalue weighted by atomic mass is 9.90. The standard InChI is InChI=1S/C22H25FN6O3/c1-31-19-10-5-14(21-26-28-29-27-21)11-15(19)12-24-17-8-9-18(25-22(30)32-2)20(17)13-3-6-16(23)7-4-13/h3-7,10-11,17-18,20,24H,8-9,12H2,1-2H3,(H,25,30)(H,26,27,28,29). The molecule has 9 nitrogen and oxygen atoms in total. The first-order valence-corrected chi connectivity index (χ1v) is 10.3. The maximum absolute atomic E-state index is 13.5. The number of nitrogens with one attached hydrogen (secondary N) is 3. The molecule has 0 radical (unpaired) electrons. The largest absolute Gasteiger partial charge is 0.496 e. The third-order valence-electron chi connectivity index (χ3n) is 5.84. The molecule has 1 heterocycles. The molecule has 0 spiro atoms. The number of benzene rings is 2. The number of amides is 1. The van der Waals surface area contributed by atoms with Crippen molar-refractivity contribution in [3.05, 3.63) is 59.4 Å². The number of tetrazole rings is 1. The first-order valence-electron chi connectivity index (χ1n) is 10.3.